The Morgan fingerprint density at radius 3 is 1.10 bits per heavy atom. The van der Waals surface area contributed by atoms with Crippen LogP contribution in [0.4, 0.5) is 0 Å². The molecule has 0 aliphatic heterocycles. The van der Waals surface area contributed by atoms with E-state index in [0.717, 1.165) is 0 Å². The van der Waals surface area contributed by atoms with E-state index in [1.165, 1.54) is 0 Å². The van der Waals surface area contributed by atoms with Gasteiger partial charge in [-0.1, -0.05) is 41.5 Å². The van der Waals surface area contributed by atoms with Gasteiger partial charge in [-0.05, 0) is 39.5 Å². The van der Waals surface area contributed by atoms with Crippen LogP contribution in [0, 0.1) is 11.8 Å². The Bertz CT molecular complexity index is 265. The van der Waals surface area contributed by atoms with Crippen LogP contribution < -0.4 is 0 Å². The average molecular weight is 304 g/mol. The van der Waals surface area contributed by atoms with E-state index in [1.54, 1.807) is 0 Å². The lowest BCUT2D eigenvalue weighted by Crippen LogP contribution is -2.43. The summed E-state index contributed by atoms with van der Waals surface area (Å²) in [7, 11) is 0. The first-order valence-electron chi connectivity index (χ1n) is 8.16. The minimum Gasteiger partial charge on any atom is -0.227 e. The highest BCUT2D eigenvalue weighted by atomic mass is 17.3. The highest BCUT2D eigenvalue weighted by molar-refractivity contribution is 4.73. The maximum Gasteiger partial charge on any atom is 0.233 e. The fourth-order valence-corrected chi connectivity index (χ4v) is 1.06. The summed E-state index contributed by atoms with van der Waals surface area (Å²) in [6.07, 6.45) is 1.29. The van der Waals surface area contributed by atoms with E-state index < -0.39 is 5.79 Å². The lowest BCUT2D eigenvalue weighted by molar-refractivity contribution is -0.548. The summed E-state index contributed by atoms with van der Waals surface area (Å²) in [5, 5.41) is 0. The molecule has 0 heterocycles. The Hall–Kier alpha value is -0.160. The zero-order chi connectivity index (χ0) is 16.9. The molecule has 0 aliphatic rings. The van der Waals surface area contributed by atoms with Gasteiger partial charge in [0, 0.05) is 12.8 Å². The molecule has 0 spiro atoms. The van der Waals surface area contributed by atoms with E-state index in [0.29, 0.717) is 24.7 Å². The van der Waals surface area contributed by atoms with Crippen molar-refractivity contribution in [2.45, 2.75) is 99.1 Å². The Morgan fingerprint density at radius 1 is 0.619 bits per heavy atom. The Balaban J connectivity index is 4.79. The molecule has 0 radical (unpaired) electrons. The van der Waals surface area contributed by atoms with Crippen molar-refractivity contribution in [2.75, 3.05) is 0 Å². The summed E-state index contributed by atoms with van der Waals surface area (Å²) in [5.74, 6) is -0.216. The molecule has 0 aliphatic carbocycles. The van der Waals surface area contributed by atoms with Crippen molar-refractivity contribution in [3.8, 4) is 0 Å². The SMILES string of the molecule is CCC(CC)(OOC(C)(C)C(C)C)OOC(C)(C)C(C)C. The van der Waals surface area contributed by atoms with Crippen LogP contribution in [0.3, 0.4) is 0 Å². The molecule has 0 atom stereocenters. The van der Waals surface area contributed by atoms with Crippen LogP contribution in [0.5, 0.6) is 0 Å². The Labute approximate surface area is 131 Å². The molecule has 0 aromatic carbocycles. The third-order valence-electron chi connectivity index (χ3n) is 4.67. The van der Waals surface area contributed by atoms with Crippen molar-refractivity contribution in [1.29, 1.82) is 0 Å². The number of hydrogen-bond acceptors (Lipinski definition) is 4. The van der Waals surface area contributed by atoms with Gasteiger partial charge in [0.1, 0.15) is 11.2 Å². The fourth-order valence-electron chi connectivity index (χ4n) is 1.06. The predicted octanol–water partition coefficient (Wildman–Crippen LogP) is 5.27. The molecule has 0 bridgehead atoms. The van der Waals surface area contributed by atoms with Gasteiger partial charge in [-0.25, -0.2) is 9.78 Å². The lowest BCUT2D eigenvalue weighted by Gasteiger charge is -2.37. The summed E-state index contributed by atoms with van der Waals surface area (Å²) in [6.45, 7) is 20.4. The number of rotatable bonds is 10. The van der Waals surface area contributed by atoms with Crippen LogP contribution in [-0.2, 0) is 19.6 Å². The fraction of sp³-hybridized carbons (Fsp3) is 1.00. The van der Waals surface area contributed by atoms with Crippen molar-refractivity contribution < 1.29 is 19.6 Å². The van der Waals surface area contributed by atoms with Crippen LogP contribution in [0.2, 0.25) is 0 Å². The molecule has 0 aromatic heterocycles. The minimum atomic E-state index is -0.877. The molecular weight excluding hydrogens is 268 g/mol. The van der Waals surface area contributed by atoms with Gasteiger partial charge in [-0.2, -0.15) is 9.78 Å². The third kappa shape index (κ3) is 6.23. The molecule has 0 unspecified atom stereocenters. The van der Waals surface area contributed by atoms with Crippen LogP contribution in [-0.4, -0.2) is 17.0 Å². The smallest absolute Gasteiger partial charge is 0.227 e. The van der Waals surface area contributed by atoms with E-state index in [1.807, 2.05) is 41.5 Å². The van der Waals surface area contributed by atoms with Gasteiger partial charge in [-0.15, -0.1) is 0 Å². The maximum absolute atomic E-state index is 5.68. The predicted molar refractivity (Wildman–Crippen MR) is 85.5 cm³/mol. The van der Waals surface area contributed by atoms with E-state index in [2.05, 4.69) is 27.7 Å². The molecule has 0 saturated carbocycles. The van der Waals surface area contributed by atoms with Gasteiger partial charge < -0.3 is 0 Å². The molecular formula is C17H36O4. The van der Waals surface area contributed by atoms with E-state index >= 15 is 0 Å². The van der Waals surface area contributed by atoms with Gasteiger partial charge >= 0.3 is 0 Å². The van der Waals surface area contributed by atoms with Crippen molar-refractivity contribution in [3.63, 3.8) is 0 Å². The first-order chi connectivity index (χ1) is 9.42. The highest BCUT2D eigenvalue weighted by Gasteiger charge is 2.38. The number of hydrogen-bond donors (Lipinski definition) is 0. The standard InChI is InChI=1S/C17H36O4/c1-11-17(12-2,20-18-15(7,8)13(3)4)21-19-16(9,10)14(5)6/h13-14H,11-12H2,1-10H3. The summed E-state index contributed by atoms with van der Waals surface area (Å²) >= 11 is 0. The largest absolute Gasteiger partial charge is 0.233 e. The molecule has 0 aromatic rings. The second-order valence-corrected chi connectivity index (χ2v) is 7.47. The molecule has 4 nitrogen and oxygen atoms in total. The van der Waals surface area contributed by atoms with Gasteiger partial charge in [0.05, 0.1) is 0 Å². The maximum atomic E-state index is 5.68. The Kier molecular flexibility index (Phi) is 7.85. The third-order valence-corrected chi connectivity index (χ3v) is 4.67. The second kappa shape index (κ2) is 7.91. The minimum absolute atomic E-state index is 0.330. The van der Waals surface area contributed by atoms with Crippen molar-refractivity contribution >= 4 is 0 Å². The lowest BCUT2D eigenvalue weighted by atomic mass is 9.95. The highest BCUT2D eigenvalue weighted by Crippen LogP contribution is 2.31. The summed E-state index contributed by atoms with van der Waals surface area (Å²) in [6, 6.07) is 0. The van der Waals surface area contributed by atoms with Gasteiger partial charge in [-0.3, -0.25) is 0 Å². The summed E-state index contributed by atoms with van der Waals surface area (Å²) < 4.78 is 0. The van der Waals surface area contributed by atoms with E-state index in [9.17, 15) is 0 Å². The van der Waals surface area contributed by atoms with Crippen LogP contribution in [0.15, 0.2) is 0 Å². The normalized spacial score (nSPS) is 14.3. The summed E-state index contributed by atoms with van der Waals surface area (Å²) in [4.78, 5) is 22.7. The second-order valence-electron chi connectivity index (χ2n) is 7.47. The zero-order valence-electron chi connectivity index (χ0n) is 15.7. The van der Waals surface area contributed by atoms with E-state index in [4.69, 9.17) is 19.6 Å². The molecule has 21 heavy (non-hydrogen) atoms. The van der Waals surface area contributed by atoms with Gasteiger partial charge in [0.15, 0.2) is 0 Å². The first kappa shape index (κ1) is 20.8. The topological polar surface area (TPSA) is 36.9 Å². The van der Waals surface area contributed by atoms with Gasteiger partial charge in [0.2, 0.25) is 5.79 Å². The molecule has 0 rings (SSSR count). The van der Waals surface area contributed by atoms with Crippen molar-refractivity contribution in [1.82, 2.24) is 0 Å². The van der Waals surface area contributed by atoms with Crippen LogP contribution in [0.25, 0.3) is 0 Å². The first-order valence-corrected chi connectivity index (χ1v) is 8.16. The molecule has 0 saturated heterocycles. The van der Waals surface area contributed by atoms with Crippen LogP contribution >= 0.6 is 0 Å². The average Bonchev–Trinajstić information content (AvgIpc) is 2.39. The summed E-state index contributed by atoms with van der Waals surface area (Å²) in [5.41, 5.74) is -0.765. The van der Waals surface area contributed by atoms with E-state index in [-0.39, 0.29) is 11.2 Å². The van der Waals surface area contributed by atoms with Crippen molar-refractivity contribution in [3.05, 3.63) is 0 Å². The van der Waals surface area contributed by atoms with Crippen molar-refractivity contribution in [2.24, 2.45) is 11.8 Å². The molecule has 0 fully saturated rings. The quantitative estimate of drug-likeness (QED) is 0.313. The molecule has 0 N–H and O–H groups in total. The molecule has 128 valence electrons. The van der Waals surface area contributed by atoms with Gasteiger partial charge in [0.25, 0.3) is 0 Å². The van der Waals surface area contributed by atoms with Crippen LogP contribution in [0.1, 0.15) is 82.1 Å². The Morgan fingerprint density at radius 2 is 0.905 bits per heavy atom. The zero-order valence-corrected chi connectivity index (χ0v) is 15.7. The molecule has 4 heteroatoms. The molecule has 0 amide bonds. The monoisotopic (exact) mass is 304 g/mol.